The van der Waals surface area contributed by atoms with Crippen LogP contribution in [0.25, 0.3) is 11.1 Å². The second-order valence-electron chi connectivity index (χ2n) is 10.8. The van der Waals surface area contributed by atoms with Gasteiger partial charge in [-0.2, -0.15) is 0 Å². The molecular weight excluding hydrogens is 674 g/mol. The molecule has 5 heteroatoms. The zero-order valence-electron chi connectivity index (χ0n) is 23.5. The average Bonchev–Trinajstić information content (AvgIpc) is 3.35. The molecule has 212 valence electrons. The summed E-state index contributed by atoms with van der Waals surface area (Å²) in [6.07, 6.45) is 1.69. The van der Waals surface area contributed by atoms with Crippen molar-refractivity contribution in [3.05, 3.63) is 182 Å². The number of fused-ring (bicyclic) bond motifs is 3. The van der Waals surface area contributed by atoms with Crippen molar-refractivity contribution < 1.29 is 9.59 Å². The van der Waals surface area contributed by atoms with Crippen LogP contribution in [0, 0.1) is 0 Å². The topological polar surface area (TPSA) is 37.4 Å². The monoisotopic (exact) mass is 697 g/mol. The van der Waals surface area contributed by atoms with Crippen molar-refractivity contribution in [2.24, 2.45) is 0 Å². The van der Waals surface area contributed by atoms with Crippen molar-refractivity contribution >= 4 is 61.5 Å². The van der Waals surface area contributed by atoms with Crippen LogP contribution in [0.4, 0.5) is 17.1 Å². The Balaban J connectivity index is 1.44. The molecule has 0 heterocycles. The number of nitrogens with zero attached hydrogens (tertiary/aromatic N) is 1. The average molecular weight is 699 g/mol. The fourth-order valence-electron chi connectivity index (χ4n) is 6.46. The van der Waals surface area contributed by atoms with E-state index in [4.69, 9.17) is 0 Å². The number of hydrogen-bond acceptors (Lipinski definition) is 3. The first-order valence-electron chi connectivity index (χ1n) is 14.2. The molecular formula is C39H25Br2NO2. The molecule has 1 aliphatic rings. The lowest BCUT2D eigenvalue weighted by atomic mass is 9.67. The number of carbonyl (C=O) groups excluding carboxylic acids is 2. The van der Waals surface area contributed by atoms with E-state index in [0.29, 0.717) is 11.1 Å². The molecule has 0 amide bonds. The predicted octanol–water partition coefficient (Wildman–Crippen LogP) is 10.7. The van der Waals surface area contributed by atoms with Gasteiger partial charge in [-0.05, 0) is 118 Å². The Kier molecular flexibility index (Phi) is 7.37. The molecule has 0 spiro atoms. The van der Waals surface area contributed by atoms with E-state index in [0.717, 1.165) is 44.1 Å². The van der Waals surface area contributed by atoms with Gasteiger partial charge in [0.1, 0.15) is 12.6 Å². The molecule has 0 atom stereocenters. The molecule has 0 bridgehead atoms. The summed E-state index contributed by atoms with van der Waals surface area (Å²) in [6, 6.07) is 47.6. The van der Waals surface area contributed by atoms with Gasteiger partial charge in [-0.25, -0.2) is 0 Å². The first-order valence-corrected chi connectivity index (χ1v) is 15.8. The summed E-state index contributed by atoms with van der Waals surface area (Å²) in [7, 11) is 0. The van der Waals surface area contributed by atoms with Crippen molar-refractivity contribution in [1.29, 1.82) is 0 Å². The smallest absolute Gasteiger partial charge is 0.150 e. The minimum Gasteiger partial charge on any atom is -0.311 e. The van der Waals surface area contributed by atoms with Crippen molar-refractivity contribution in [2.75, 3.05) is 4.90 Å². The molecule has 0 saturated carbocycles. The highest BCUT2D eigenvalue weighted by atomic mass is 79.9. The number of anilines is 3. The van der Waals surface area contributed by atoms with E-state index in [1.807, 2.05) is 48.5 Å². The van der Waals surface area contributed by atoms with E-state index in [9.17, 15) is 9.59 Å². The van der Waals surface area contributed by atoms with Crippen LogP contribution in [0.1, 0.15) is 43.0 Å². The third-order valence-corrected chi connectivity index (χ3v) is 9.39. The lowest BCUT2D eigenvalue weighted by molar-refractivity contribution is 0.111. The first kappa shape index (κ1) is 28.2. The summed E-state index contributed by atoms with van der Waals surface area (Å²) in [5.74, 6) is 0. The summed E-state index contributed by atoms with van der Waals surface area (Å²) < 4.78 is 2.06. The standard InChI is InChI=1S/C39H25Br2NO2/c40-30-12-20-35-36-21-13-31(41)23-38(36)39(37(35)22-30,28-4-2-1-3-5-28)29-10-18-34(19-11-29)42(32-14-6-26(24-43)7-15-32)33-16-8-27(25-44)9-17-33/h1-25H. The quantitative estimate of drug-likeness (QED) is 0.156. The van der Waals surface area contributed by atoms with Gasteiger partial charge in [0.2, 0.25) is 0 Å². The summed E-state index contributed by atoms with van der Waals surface area (Å²) >= 11 is 7.53. The van der Waals surface area contributed by atoms with E-state index in [1.165, 1.54) is 27.8 Å². The molecule has 0 fully saturated rings. The van der Waals surface area contributed by atoms with Crippen molar-refractivity contribution in [2.45, 2.75) is 5.41 Å². The van der Waals surface area contributed by atoms with Gasteiger partial charge in [0.15, 0.2) is 0 Å². The number of benzene rings is 6. The molecule has 44 heavy (non-hydrogen) atoms. The number of hydrogen-bond donors (Lipinski definition) is 0. The SMILES string of the molecule is O=Cc1ccc(N(c2ccc(C=O)cc2)c2ccc(C3(c4ccccc4)c4cc(Br)ccc4-c4ccc(Br)cc43)cc2)cc1. The molecule has 0 aliphatic heterocycles. The van der Waals surface area contributed by atoms with Crippen LogP contribution >= 0.6 is 31.9 Å². The van der Waals surface area contributed by atoms with Crippen LogP contribution in [-0.4, -0.2) is 12.6 Å². The Morgan fingerprint density at radius 3 is 1.32 bits per heavy atom. The zero-order valence-corrected chi connectivity index (χ0v) is 26.6. The zero-order chi connectivity index (χ0) is 30.3. The van der Waals surface area contributed by atoms with Gasteiger partial charge in [-0.3, -0.25) is 9.59 Å². The highest BCUT2D eigenvalue weighted by molar-refractivity contribution is 9.10. The van der Waals surface area contributed by atoms with E-state index >= 15 is 0 Å². The summed E-state index contributed by atoms with van der Waals surface area (Å²) in [5.41, 5.74) is 10.7. The largest absolute Gasteiger partial charge is 0.311 e. The maximum absolute atomic E-state index is 11.4. The van der Waals surface area contributed by atoms with Crippen LogP contribution in [-0.2, 0) is 5.41 Å². The van der Waals surface area contributed by atoms with E-state index in [-0.39, 0.29) is 0 Å². The minimum absolute atomic E-state index is 0.542. The molecule has 1 aliphatic carbocycles. The third kappa shape index (κ3) is 4.64. The normalized spacial score (nSPS) is 12.7. The highest BCUT2D eigenvalue weighted by Gasteiger charge is 2.46. The van der Waals surface area contributed by atoms with Crippen LogP contribution in [0.5, 0.6) is 0 Å². The third-order valence-electron chi connectivity index (χ3n) is 8.40. The molecule has 0 N–H and O–H groups in total. The summed E-state index contributed by atoms with van der Waals surface area (Å²) in [4.78, 5) is 24.9. The van der Waals surface area contributed by atoms with Gasteiger partial charge in [0.05, 0.1) is 5.41 Å². The molecule has 6 aromatic rings. The fraction of sp³-hybridized carbons (Fsp3) is 0.0256. The second kappa shape index (κ2) is 11.5. The Morgan fingerprint density at radius 2 is 0.886 bits per heavy atom. The highest BCUT2D eigenvalue weighted by Crippen LogP contribution is 2.57. The lowest BCUT2D eigenvalue weighted by Gasteiger charge is -2.34. The first-order chi connectivity index (χ1) is 21.5. The molecule has 7 rings (SSSR count). The van der Waals surface area contributed by atoms with Crippen LogP contribution in [0.2, 0.25) is 0 Å². The van der Waals surface area contributed by atoms with E-state index in [2.05, 4.69) is 128 Å². The van der Waals surface area contributed by atoms with Gasteiger partial charge < -0.3 is 4.90 Å². The molecule has 0 saturated heterocycles. The maximum Gasteiger partial charge on any atom is 0.150 e. The number of aldehydes is 2. The maximum atomic E-state index is 11.4. The van der Waals surface area contributed by atoms with Gasteiger partial charge in [0, 0.05) is 37.1 Å². The van der Waals surface area contributed by atoms with Crippen molar-refractivity contribution in [3.8, 4) is 11.1 Å². The van der Waals surface area contributed by atoms with Crippen LogP contribution in [0.3, 0.4) is 0 Å². The molecule has 6 aromatic carbocycles. The van der Waals surface area contributed by atoms with Gasteiger partial charge in [0.25, 0.3) is 0 Å². The number of halogens is 2. The predicted molar refractivity (Wildman–Crippen MR) is 185 cm³/mol. The minimum atomic E-state index is -0.542. The summed E-state index contributed by atoms with van der Waals surface area (Å²) in [6.45, 7) is 0. The molecule has 0 radical (unpaired) electrons. The van der Waals surface area contributed by atoms with E-state index < -0.39 is 5.41 Å². The molecule has 3 nitrogen and oxygen atoms in total. The van der Waals surface area contributed by atoms with E-state index in [1.54, 1.807) is 0 Å². The fourth-order valence-corrected chi connectivity index (χ4v) is 7.18. The van der Waals surface area contributed by atoms with Crippen molar-refractivity contribution in [1.82, 2.24) is 0 Å². The Bertz CT molecular complexity index is 1900. The van der Waals surface area contributed by atoms with Crippen molar-refractivity contribution in [3.63, 3.8) is 0 Å². The number of carbonyl (C=O) groups is 2. The van der Waals surface area contributed by atoms with Gasteiger partial charge in [-0.15, -0.1) is 0 Å². The number of rotatable bonds is 7. The van der Waals surface area contributed by atoms with Crippen LogP contribution in [0.15, 0.2) is 148 Å². The summed E-state index contributed by atoms with van der Waals surface area (Å²) in [5, 5.41) is 0. The van der Waals surface area contributed by atoms with Gasteiger partial charge in [-0.1, -0.05) is 86.5 Å². The Labute approximate surface area is 273 Å². The van der Waals surface area contributed by atoms with Crippen LogP contribution < -0.4 is 4.90 Å². The lowest BCUT2D eigenvalue weighted by Crippen LogP contribution is -2.28. The molecule has 0 aromatic heterocycles. The second-order valence-corrected chi connectivity index (χ2v) is 12.6. The Morgan fingerprint density at radius 1 is 0.477 bits per heavy atom. The van der Waals surface area contributed by atoms with Gasteiger partial charge >= 0.3 is 0 Å². The Hall–Kier alpha value is -4.58. The molecule has 0 unspecified atom stereocenters.